The molecule has 0 unspecified atom stereocenters. The van der Waals surface area contributed by atoms with Crippen LogP contribution in [-0.2, 0) is 0 Å². The molecule has 3 rings (SSSR count). The molecule has 0 radical (unpaired) electrons. The van der Waals surface area contributed by atoms with Gasteiger partial charge in [0.2, 0.25) is 0 Å². The fourth-order valence-corrected chi connectivity index (χ4v) is 2.95. The van der Waals surface area contributed by atoms with Crippen LogP contribution in [0.25, 0.3) is 10.6 Å². The third-order valence-corrected chi connectivity index (χ3v) is 4.42. The lowest BCUT2D eigenvalue weighted by Crippen LogP contribution is -2.13. The summed E-state index contributed by atoms with van der Waals surface area (Å²) in [6.07, 6.45) is 0. The van der Waals surface area contributed by atoms with Crippen LogP contribution in [0.2, 0.25) is 5.02 Å². The van der Waals surface area contributed by atoms with Crippen molar-refractivity contribution in [3.05, 3.63) is 69.9 Å². The molecule has 23 heavy (non-hydrogen) atoms. The molecule has 0 atom stereocenters. The molecule has 1 heterocycles. The van der Waals surface area contributed by atoms with Crippen molar-refractivity contribution in [1.82, 2.24) is 4.98 Å². The van der Waals surface area contributed by atoms with Gasteiger partial charge in [-0.3, -0.25) is 4.79 Å². The van der Waals surface area contributed by atoms with Crippen molar-refractivity contribution in [2.24, 2.45) is 0 Å². The molecule has 0 aliphatic carbocycles. The second-order valence-corrected chi connectivity index (χ2v) is 6.25. The minimum atomic E-state index is -0.397. The smallest absolute Gasteiger partial charge is 0.275 e. The standard InChI is InChI=1S/C17H12ClFN2OS/c1-10-2-7-13(19)8-14(10)20-16(22)15-9-23-17(21-15)11-3-5-12(18)6-4-11/h2-9H,1H3,(H,20,22). The molecular weight excluding hydrogens is 335 g/mol. The van der Waals surface area contributed by atoms with E-state index in [1.165, 1.54) is 23.5 Å². The van der Waals surface area contributed by atoms with E-state index in [0.717, 1.165) is 16.1 Å². The molecule has 0 bridgehead atoms. The zero-order chi connectivity index (χ0) is 16.4. The first-order chi connectivity index (χ1) is 11.0. The fourth-order valence-electron chi connectivity index (χ4n) is 2.02. The van der Waals surface area contributed by atoms with E-state index in [1.54, 1.807) is 30.5 Å². The van der Waals surface area contributed by atoms with Gasteiger partial charge in [0.15, 0.2) is 0 Å². The quantitative estimate of drug-likeness (QED) is 0.711. The lowest BCUT2D eigenvalue weighted by Gasteiger charge is -2.06. The molecule has 1 amide bonds. The Balaban J connectivity index is 1.81. The van der Waals surface area contributed by atoms with Crippen LogP contribution in [0, 0.1) is 12.7 Å². The van der Waals surface area contributed by atoms with E-state index in [-0.39, 0.29) is 5.91 Å². The second-order valence-electron chi connectivity index (χ2n) is 4.96. The molecule has 3 nitrogen and oxygen atoms in total. The fraction of sp³-hybridized carbons (Fsp3) is 0.0588. The van der Waals surface area contributed by atoms with Crippen LogP contribution in [0.4, 0.5) is 10.1 Å². The molecule has 0 fully saturated rings. The number of nitrogens with zero attached hydrogens (tertiary/aromatic N) is 1. The number of carbonyl (C=O) groups is 1. The van der Waals surface area contributed by atoms with Gasteiger partial charge >= 0.3 is 0 Å². The Morgan fingerprint density at radius 2 is 1.96 bits per heavy atom. The highest BCUT2D eigenvalue weighted by atomic mass is 35.5. The van der Waals surface area contributed by atoms with E-state index in [9.17, 15) is 9.18 Å². The lowest BCUT2D eigenvalue weighted by molar-refractivity contribution is 0.102. The van der Waals surface area contributed by atoms with Gasteiger partial charge < -0.3 is 5.32 Å². The number of rotatable bonds is 3. The summed E-state index contributed by atoms with van der Waals surface area (Å²) in [5, 5.41) is 5.73. The molecular formula is C17H12ClFN2OS. The van der Waals surface area contributed by atoms with Crippen LogP contribution < -0.4 is 5.32 Å². The second kappa shape index (κ2) is 6.48. The third kappa shape index (κ3) is 3.57. The molecule has 0 aliphatic rings. The molecule has 3 aromatic rings. The topological polar surface area (TPSA) is 42.0 Å². The van der Waals surface area contributed by atoms with Crippen LogP contribution >= 0.6 is 22.9 Å². The maximum atomic E-state index is 13.3. The van der Waals surface area contributed by atoms with Crippen molar-refractivity contribution in [3.63, 3.8) is 0 Å². The first-order valence-corrected chi connectivity index (χ1v) is 8.07. The average molecular weight is 347 g/mol. The number of halogens is 2. The van der Waals surface area contributed by atoms with Crippen molar-refractivity contribution in [2.75, 3.05) is 5.32 Å². The van der Waals surface area contributed by atoms with E-state index in [0.29, 0.717) is 16.4 Å². The van der Waals surface area contributed by atoms with Gasteiger partial charge in [0.25, 0.3) is 5.91 Å². The van der Waals surface area contributed by atoms with Gasteiger partial charge in [-0.05, 0) is 36.8 Å². The lowest BCUT2D eigenvalue weighted by atomic mass is 10.2. The first kappa shape index (κ1) is 15.6. The van der Waals surface area contributed by atoms with Crippen molar-refractivity contribution in [2.45, 2.75) is 6.92 Å². The predicted molar refractivity (Wildman–Crippen MR) is 91.7 cm³/mol. The number of hydrogen-bond acceptors (Lipinski definition) is 3. The number of aromatic nitrogens is 1. The van der Waals surface area contributed by atoms with Crippen LogP contribution in [0.15, 0.2) is 47.8 Å². The molecule has 2 aromatic carbocycles. The van der Waals surface area contributed by atoms with Crippen molar-refractivity contribution in [3.8, 4) is 10.6 Å². The Bertz CT molecular complexity index is 861. The number of hydrogen-bond donors (Lipinski definition) is 1. The molecule has 0 spiro atoms. The highest BCUT2D eigenvalue weighted by Gasteiger charge is 2.13. The molecule has 6 heteroatoms. The van der Waals surface area contributed by atoms with Gasteiger partial charge in [0, 0.05) is 21.7 Å². The molecule has 0 saturated heterocycles. The van der Waals surface area contributed by atoms with E-state index in [4.69, 9.17) is 11.6 Å². The van der Waals surface area contributed by atoms with Crippen molar-refractivity contribution >= 4 is 34.5 Å². The number of benzene rings is 2. The molecule has 0 saturated carbocycles. The van der Waals surface area contributed by atoms with Crippen LogP contribution in [-0.4, -0.2) is 10.9 Å². The van der Waals surface area contributed by atoms with Crippen LogP contribution in [0.5, 0.6) is 0 Å². The van der Waals surface area contributed by atoms with E-state index < -0.39 is 5.82 Å². The zero-order valence-electron chi connectivity index (χ0n) is 12.1. The van der Waals surface area contributed by atoms with Gasteiger partial charge in [-0.1, -0.05) is 29.8 Å². The summed E-state index contributed by atoms with van der Waals surface area (Å²) in [7, 11) is 0. The third-order valence-electron chi connectivity index (χ3n) is 3.28. The largest absolute Gasteiger partial charge is 0.320 e. The number of nitrogens with one attached hydrogen (secondary N) is 1. The van der Waals surface area contributed by atoms with Gasteiger partial charge in [-0.2, -0.15) is 0 Å². The Morgan fingerprint density at radius 3 is 2.70 bits per heavy atom. The first-order valence-electron chi connectivity index (χ1n) is 6.82. The summed E-state index contributed by atoms with van der Waals surface area (Å²) < 4.78 is 13.3. The summed E-state index contributed by atoms with van der Waals surface area (Å²) in [4.78, 5) is 16.6. The summed E-state index contributed by atoms with van der Waals surface area (Å²) >= 11 is 7.23. The Morgan fingerprint density at radius 1 is 1.22 bits per heavy atom. The average Bonchev–Trinajstić information content (AvgIpc) is 3.02. The minimum absolute atomic E-state index is 0.295. The maximum absolute atomic E-state index is 13.3. The minimum Gasteiger partial charge on any atom is -0.320 e. The number of amides is 1. The normalized spacial score (nSPS) is 10.6. The van der Waals surface area contributed by atoms with E-state index >= 15 is 0 Å². The highest BCUT2D eigenvalue weighted by molar-refractivity contribution is 7.13. The predicted octanol–water partition coefficient (Wildman–Crippen LogP) is 5.16. The Kier molecular flexibility index (Phi) is 4.41. The van der Waals surface area contributed by atoms with Crippen LogP contribution in [0.1, 0.15) is 16.1 Å². The summed E-state index contributed by atoms with van der Waals surface area (Å²) in [5.74, 6) is -0.763. The zero-order valence-corrected chi connectivity index (χ0v) is 13.7. The molecule has 0 aliphatic heterocycles. The SMILES string of the molecule is Cc1ccc(F)cc1NC(=O)c1csc(-c2ccc(Cl)cc2)n1. The summed E-state index contributed by atoms with van der Waals surface area (Å²) in [5.41, 5.74) is 2.41. The van der Waals surface area contributed by atoms with Gasteiger partial charge in [0.05, 0.1) is 0 Å². The van der Waals surface area contributed by atoms with Gasteiger partial charge in [-0.15, -0.1) is 11.3 Å². The van der Waals surface area contributed by atoms with Crippen LogP contribution in [0.3, 0.4) is 0 Å². The number of thiazole rings is 1. The van der Waals surface area contributed by atoms with E-state index in [2.05, 4.69) is 10.3 Å². The monoisotopic (exact) mass is 346 g/mol. The number of carbonyl (C=O) groups excluding carboxylic acids is 1. The highest BCUT2D eigenvalue weighted by Crippen LogP contribution is 2.26. The van der Waals surface area contributed by atoms with Crippen molar-refractivity contribution < 1.29 is 9.18 Å². The molecule has 1 aromatic heterocycles. The number of aryl methyl sites for hydroxylation is 1. The molecule has 1 N–H and O–H groups in total. The summed E-state index contributed by atoms with van der Waals surface area (Å²) in [6.45, 7) is 1.80. The molecule has 116 valence electrons. The Hall–Kier alpha value is -2.24. The maximum Gasteiger partial charge on any atom is 0.275 e. The van der Waals surface area contributed by atoms with Gasteiger partial charge in [-0.25, -0.2) is 9.37 Å². The van der Waals surface area contributed by atoms with Crippen molar-refractivity contribution in [1.29, 1.82) is 0 Å². The van der Waals surface area contributed by atoms with E-state index in [1.807, 2.05) is 12.1 Å². The summed E-state index contributed by atoms with van der Waals surface area (Å²) in [6, 6.07) is 11.5. The Labute approximate surface area is 141 Å². The number of anilines is 1. The van der Waals surface area contributed by atoms with Gasteiger partial charge in [0.1, 0.15) is 16.5 Å².